The van der Waals surface area contributed by atoms with Crippen molar-refractivity contribution in [3.63, 3.8) is 0 Å². The van der Waals surface area contributed by atoms with Crippen molar-refractivity contribution in [2.45, 2.75) is 38.4 Å². The Bertz CT molecular complexity index is 253. The standard InChI is InChI=1S/C10H16O4/c1-6-8(12)3-7-4-9(6)13-14-10(7,2)5-11/h6-7,9,11H,3-5H2,1-2H3/t6-,7+,9+,10+/m1/s1. The van der Waals surface area contributed by atoms with Gasteiger partial charge in [-0.05, 0) is 13.3 Å². The maximum atomic E-state index is 11.6. The molecule has 2 aliphatic rings. The summed E-state index contributed by atoms with van der Waals surface area (Å²) in [6.45, 7) is 3.55. The third-order valence-corrected chi connectivity index (χ3v) is 3.57. The Morgan fingerprint density at radius 1 is 1.64 bits per heavy atom. The van der Waals surface area contributed by atoms with Crippen molar-refractivity contribution < 1.29 is 19.7 Å². The zero-order chi connectivity index (χ0) is 10.3. The molecular formula is C10H16O4. The molecule has 1 heterocycles. The molecule has 0 spiro atoms. The van der Waals surface area contributed by atoms with Crippen molar-refractivity contribution in [3.8, 4) is 0 Å². The molecule has 2 fully saturated rings. The zero-order valence-electron chi connectivity index (χ0n) is 8.53. The average Bonchev–Trinajstić information content (AvgIpc) is 2.19. The van der Waals surface area contributed by atoms with Crippen molar-refractivity contribution in [2.24, 2.45) is 11.8 Å². The van der Waals surface area contributed by atoms with Gasteiger partial charge in [-0.1, -0.05) is 6.92 Å². The average molecular weight is 200 g/mol. The zero-order valence-corrected chi connectivity index (χ0v) is 8.53. The quantitative estimate of drug-likeness (QED) is 0.632. The number of carbonyl (C=O) groups is 1. The van der Waals surface area contributed by atoms with Crippen LogP contribution >= 0.6 is 0 Å². The van der Waals surface area contributed by atoms with E-state index in [2.05, 4.69) is 0 Å². The van der Waals surface area contributed by atoms with Gasteiger partial charge >= 0.3 is 0 Å². The van der Waals surface area contributed by atoms with Crippen LogP contribution in [0.25, 0.3) is 0 Å². The first-order chi connectivity index (χ1) is 6.57. The van der Waals surface area contributed by atoms with Crippen LogP contribution < -0.4 is 0 Å². The van der Waals surface area contributed by atoms with Crippen molar-refractivity contribution in [1.29, 1.82) is 0 Å². The summed E-state index contributed by atoms with van der Waals surface area (Å²) in [7, 11) is 0. The van der Waals surface area contributed by atoms with Gasteiger partial charge in [0, 0.05) is 18.3 Å². The first kappa shape index (κ1) is 10.1. The molecular weight excluding hydrogens is 184 g/mol. The van der Waals surface area contributed by atoms with Crippen LogP contribution in [-0.2, 0) is 14.6 Å². The Morgan fingerprint density at radius 3 is 3.00 bits per heavy atom. The Balaban J connectivity index is 2.18. The van der Waals surface area contributed by atoms with E-state index in [9.17, 15) is 9.90 Å². The van der Waals surface area contributed by atoms with Crippen LogP contribution in [0.2, 0.25) is 0 Å². The fourth-order valence-electron chi connectivity index (χ4n) is 2.19. The van der Waals surface area contributed by atoms with E-state index in [0.29, 0.717) is 6.42 Å². The second kappa shape index (κ2) is 3.29. The first-order valence-corrected chi connectivity index (χ1v) is 5.05. The molecule has 0 aromatic rings. The van der Waals surface area contributed by atoms with Gasteiger partial charge in [0.15, 0.2) is 0 Å². The van der Waals surface area contributed by atoms with Crippen LogP contribution in [0.5, 0.6) is 0 Å². The molecule has 2 bridgehead atoms. The van der Waals surface area contributed by atoms with Gasteiger partial charge < -0.3 is 5.11 Å². The number of hydrogen-bond acceptors (Lipinski definition) is 4. The minimum Gasteiger partial charge on any atom is -0.393 e. The smallest absolute Gasteiger partial charge is 0.138 e. The molecule has 14 heavy (non-hydrogen) atoms. The fraction of sp³-hybridized carbons (Fsp3) is 0.900. The topological polar surface area (TPSA) is 55.8 Å². The van der Waals surface area contributed by atoms with E-state index in [4.69, 9.17) is 9.78 Å². The molecule has 0 aromatic carbocycles. The van der Waals surface area contributed by atoms with Crippen LogP contribution in [0.3, 0.4) is 0 Å². The molecule has 1 N–H and O–H groups in total. The Hall–Kier alpha value is -0.450. The molecule has 0 unspecified atom stereocenters. The Kier molecular flexibility index (Phi) is 2.37. The van der Waals surface area contributed by atoms with E-state index in [-0.39, 0.29) is 30.3 Å². The largest absolute Gasteiger partial charge is 0.393 e. The third-order valence-electron chi connectivity index (χ3n) is 3.57. The summed E-state index contributed by atoms with van der Waals surface area (Å²) in [5, 5.41) is 9.20. The highest BCUT2D eigenvalue weighted by molar-refractivity contribution is 5.82. The SMILES string of the molecule is C[C@@H]1C(=O)C[C@H]2C[C@@H]1OO[C@@]2(C)CO. The molecule has 4 atom stereocenters. The summed E-state index contributed by atoms with van der Waals surface area (Å²) in [5.74, 6) is 0.235. The lowest BCUT2D eigenvalue weighted by molar-refractivity contribution is -0.431. The van der Waals surface area contributed by atoms with Crippen LogP contribution in [0.15, 0.2) is 0 Å². The van der Waals surface area contributed by atoms with Gasteiger partial charge in [0.05, 0.1) is 6.61 Å². The van der Waals surface area contributed by atoms with E-state index in [1.807, 2.05) is 6.92 Å². The second-order valence-corrected chi connectivity index (χ2v) is 4.58. The summed E-state index contributed by atoms with van der Waals surface area (Å²) in [5.41, 5.74) is -0.702. The normalized spacial score (nSPS) is 47.9. The van der Waals surface area contributed by atoms with Gasteiger partial charge in [0.25, 0.3) is 0 Å². The molecule has 4 nitrogen and oxygen atoms in total. The van der Waals surface area contributed by atoms with Gasteiger partial charge in [-0.25, -0.2) is 9.78 Å². The van der Waals surface area contributed by atoms with Crippen LogP contribution in [0.4, 0.5) is 0 Å². The Morgan fingerprint density at radius 2 is 2.36 bits per heavy atom. The van der Waals surface area contributed by atoms with E-state index in [1.165, 1.54) is 0 Å². The molecule has 1 aliphatic carbocycles. The van der Waals surface area contributed by atoms with E-state index < -0.39 is 5.60 Å². The van der Waals surface area contributed by atoms with Gasteiger partial charge in [-0.3, -0.25) is 4.79 Å². The summed E-state index contributed by atoms with van der Waals surface area (Å²) in [6, 6.07) is 0. The van der Waals surface area contributed by atoms with Gasteiger partial charge in [0.2, 0.25) is 0 Å². The van der Waals surface area contributed by atoms with Gasteiger partial charge in [-0.15, -0.1) is 0 Å². The fourth-order valence-corrected chi connectivity index (χ4v) is 2.19. The predicted molar refractivity (Wildman–Crippen MR) is 48.3 cm³/mol. The second-order valence-electron chi connectivity index (χ2n) is 4.58. The predicted octanol–water partition coefficient (Wildman–Crippen LogP) is 0.683. The summed E-state index contributed by atoms with van der Waals surface area (Å²) in [6.07, 6.45) is 1.18. The van der Waals surface area contributed by atoms with Gasteiger partial charge in [0.1, 0.15) is 17.5 Å². The molecule has 1 aliphatic heterocycles. The maximum absolute atomic E-state index is 11.6. The highest BCUT2D eigenvalue weighted by Gasteiger charge is 2.49. The van der Waals surface area contributed by atoms with Crippen molar-refractivity contribution >= 4 is 5.78 Å². The molecule has 0 radical (unpaired) electrons. The number of fused-ring (bicyclic) bond motifs is 2. The highest BCUT2D eigenvalue weighted by atomic mass is 17.2. The molecule has 4 heteroatoms. The molecule has 2 rings (SSSR count). The molecule has 0 amide bonds. The lowest BCUT2D eigenvalue weighted by Crippen LogP contribution is -2.54. The number of rotatable bonds is 1. The first-order valence-electron chi connectivity index (χ1n) is 5.05. The third kappa shape index (κ3) is 1.38. The minimum absolute atomic E-state index is 0.0745. The number of aliphatic hydroxyl groups is 1. The highest BCUT2D eigenvalue weighted by Crippen LogP contribution is 2.41. The number of ketones is 1. The van der Waals surface area contributed by atoms with Gasteiger partial charge in [-0.2, -0.15) is 0 Å². The molecule has 0 aromatic heterocycles. The van der Waals surface area contributed by atoms with Crippen molar-refractivity contribution in [3.05, 3.63) is 0 Å². The van der Waals surface area contributed by atoms with Crippen LogP contribution in [0.1, 0.15) is 26.7 Å². The number of carbonyl (C=O) groups excluding carboxylic acids is 1. The summed E-state index contributed by atoms with van der Waals surface area (Å²) < 4.78 is 0. The van der Waals surface area contributed by atoms with Crippen molar-refractivity contribution in [1.82, 2.24) is 0 Å². The molecule has 1 saturated heterocycles. The van der Waals surface area contributed by atoms with E-state index in [0.717, 1.165) is 6.42 Å². The summed E-state index contributed by atoms with van der Waals surface area (Å²) in [4.78, 5) is 21.9. The van der Waals surface area contributed by atoms with E-state index in [1.54, 1.807) is 6.92 Å². The summed E-state index contributed by atoms with van der Waals surface area (Å²) >= 11 is 0. The number of hydrogen-bond donors (Lipinski definition) is 1. The van der Waals surface area contributed by atoms with Crippen LogP contribution in [-0.4, -0.2) is 29.2 Å². The van der Waals surface area contributed by atoms with Crippen LogP contribution in [0, 0.1) is 11.8 Å². The maximum Gasteiger partial charge on any atom is 0.138 e. The Labute approximate surface area is 83.1 Å². The monoisotopic (exact) mass is 200 g/mol. The minimum atomic E-state index is -0.702. The number of aliphatic hydroxyl groups excluding tert-OH is 1. The molecule has 1 saturated carbocycles. The number of Topliss-reactive ketones (excluding diaryl/α,β-unsaturated/α-hetero) is 1. The lowest BCUT2D eigenvalue weighted by atomic mass is 9.72. The lowest BCUT2D eigenvalue weighted by Gasteiger charge is -2.46. The van der Waals surface area contributed by atoms with Crippen molar-refractivity contribution in [2.75, 3.05) is 6.61 Å². The van der Waals surface area contributed by atoms with E-state index >= 15 is 0 Å². The molecule has 80 valence electrons.